The maximum absolute atomic E-state index is 11.7. The van der Waals surface area contributed by atoms with E-state index in [-0.39, 0.29) is 5.91 Å². The Kier molecular flexibility index (Phi) is 3.02. The minimum Gasteiger partial charge on any atom is -0.383 e. The summed E-state index contributed by atoms with van der Waals surface area (Å²) in [5.74, 6) is 0.248. The maximum atomic E-state index is 11.7. The molecule has 106 valence electrons. The van der Waals surface area contributed by atoms with Crippen LogP contribution in [0.1, 0.15) is 33.2 Å². The molecule has 0 saturated heterocycles. The first-order valence-corrected chi connectivity index (χ1v) is 6.46. The maximum Gasteiger partial charge on any atom is 0.259 e. The van der Waals surface area contributed by atoms with Gasteiger partial charge in [0.15, 0.2) is 0 Å². The van der Waals surface area contributed by atoms with Crippen LogP contribution in [0.5, 0.6) is 0 Å². The van der Waals surface area contributed by atoms with Crippen molar-refractivity contribution in [3.05, 3.63) is 41.2 Å². The van der Waals surface area contributed by atoms with Gasteiger partial charge in [-0.15, -0.1) is 0 Å². The molecule has 0 radical (unpaired) electrons. The number of rotatable bonds is 3. The zero-order valence-electron chi connectivity index (χ0n) is 11.3. The summed E-state index contributed by atoms with van der Waals surface area (Å²) in [6, 6.07) is 4.94. The lowest BCUT2D eigenvalue weighted by Gasteiger charge is -2.11. The monoisotopic (exact) mass is 283 g/mol. The number of amides is 2. The van der Waals surface area contributed by atoms with E-state index in [4.69, 9.17) is 5.73 Å². The lowest BCUT2D eigenvalue weighted by Crippen LogP contribution is -2.19. The molecule has 0 aliphatic carbocycles. The molecule has 0 spiro atoms. The van der Waals surface area contributed by atoms with Crippen molar-refractivity contribution < 1.29 is 9.59 Å². The minimum absolute atomic E-state index is 0.352. The van der Waals surface area contributed by atoms with Crippen LogP contribution in [0.25, 0.3) is 0 Å². The van der Waals surface area contributed by atoms with Crippen LogP contribution >= 0.6 is 0 Å². The quantitative estimate of drug-likeness (QED) is 0.731. The van der Waals surface area contributed by atoms with Gasteiger partial charge in [-0.05, 0) is 24.6 Å². The Labute approximate surface area is 120 Å². The van der Waals surface area contributed by atoms with Gasteiger partial charge >= 0.3 is 0 Å². The third-order valence-electron chi connectivity index (χ3n) is 3.33. The van der Waals surface area contributed by atoms with Crippen LogP contribution in [0.3, 0.4) is 0 Å². The largest absolute Gasteiger partial charge is 0.383 e. The van der Waals surface area contributed by atoms with E-state index in [2.05, 4.69) is 20.6 Å². The Morgan fingerprint density at radius 2 is 1.95 bits per heavy atom. The second kappa shape index (κ2) is 4.86. The van der Waals surface area contributed by atoms with Gasteiger partial charge in [-0.1, -0.05) is 6.92 Å². The summed E-state index contributed by atoms with van der Waals surface area (Å²) in [6.07, 6.45) is 2.05. The number of imide groups is 1. The molecule has 0 atom stereocenters. The van der Waals surface area contributed by atoms with E-state index in [9.17, 15) is 9.59 Å². The van der Waals surface area contributed by atoms with E-state index in [0.29, 0.717) is 34.9 Å². The molecule has 7 nitrogen and oxygen atoms in total. The highest BCUT2D eigenvalue weighted by Gasteiger charge is 2.26. The van der Waals surface area contributed by atoms with Crippen molar-refractivity contribution >= 4 is 29.1 Å². The van der Waals surface area contributed by atoms with Crippen molar-refractivity contribution in [2.75, 3.05) is 11.1 Å². The predicted molar refractivity (Wildman–Crippen MR) is 77.3 cm³/mol. The number of nitrogens with zero attached hydrogens (tertiary/aromatic N) is 2. The number of nitrogen functional groups attached to an aromatic ring is 1. The summed E-state index contributed by atoms with van der Waals surface area (Å²) in [5.41, 5.74) is 8.01. The molecule has 3 rings (SSSR count). The highest BCUT2D eigenvalue weighted by atomic mass is 16.2. The van der Waals surface area contributed by atoms with Gasteiger partial charge in [0.25, 0.3) is 11.8 Å². The summed E-state index contributed by atoms with van der Waals surface area (Å²) in [7, 11) is 0. The van der Waals surface area contributed by atoms with E-state index >= 15 is 0 Å². The molecule has 0 unspecified atom stereocenters. The number of nitrogens with two attached hydrogens (primary N) is 1. The number of hydrogen-bond acceptors (Lipinski definition) is 6. The van der Waals surface area contributed by atoms with Crippen molar-refractivity contribution in [1.82, 2.24) is 15.3 Å². The van der Waals surface area contributed by atoms with Crippen LogP contribution in [0.4, 0.5) is 17.3 Å². The Hall–Kier alpha value is -2.96. The topological polar surface area (TPSA) is 110 Å². The number of anilines is 3. The highest BCUT2D eigenvalue weighted by Crippen LogP contribution is 2.25. The van der Waals surface area contributed by atoms with Crippen molar-refractivity contribution in [3.8, 4) is 0 Å². The number of hydrogen-bond donors (Lipinski definition) is 3. The Bertz CT molecular complexity index is 757. The lowest BCUT2D eigenvalue weighted by atomic mass is 10.1. The van der Waals surface area contributed by atoms with Gasteiger partial charge in [0, 0.05) is 11.3 Å². The SMILES string of the molecule is CCc1c(N)ncnc1Nc1ccc2c(c1)C(=O)NC2=O. The minimum atomic E-state index is -0.392. The molecule has 2 heterocycles. The molecule has 0 bridgehead atoms. The molecule has 0 fully saturated rings. The number of benzene rings is 1. The molecule has 0 saturated carbocycles. The molecule has 1 aromatic carbocycles. The summed E-state index contributed by atoms with van der Waals surface area (Å²) < 4.78 is 0. The third-order valence-corrected chi connectivity index (χ3v) is 3.33. The predicted octanol–water partition coefficient (Wildman–Crippen LogP) is 1.25. The van der Waals surface area contributed by atoms with Gasteiger partial charge in [0.1, 0.15) is 18.0 Å². The van der Waals surface area contributed by atoms with Gasteiger partial charge in [-0.2, -0.15) is 0 Å². The van der Waals surface area contributed by atoms with E-state index < -0.39 is 5.91 Å². The molecule has 7 heteroatoms. The highest BCUT2D eigenvalue weighted by molar-refractivity contribution is 6.21. The molecule has 1 aromatic heterocycles. The number of carbonyl (C=O) groups excluding carboxylic acids is 2. The van der Waals surface area contributed by atoms with Gasteiger partial charge in [0.05, 0.1) is 11.1 Å². The van der Waals surface area contributed by atoms with E-state index in [1.54, 1.807) is 18.2 Å². The van der Waals surface area contributed by atoms with Gasteiger partial charge in [0.2, 0.25) is 0 Å². The number of aromatic nitrogens is 2. The molecular formula is C14H13N5O2. The second-order valence-electron chi connectivity index (χ2n) is 4.61. The van der Waals surface area contributed by atoms with Crippen molar-refractivity contribution in [2.24, 2.45) is 0 Å². The molecule has 2 amide bonds. The molecular weight excluding hydrogens is 270 g/mol. The Morgan fingerprint density at radius 3 is 2.71 bits per heavy atom. The fourth-order valence-corrected chi connectivity index (χ4v) is 2.26. The number of nitrogens with one attached hydrogen (secondary N) is 2. The smallest absolute Gasteiger partial charge is 0.259 e. The first-order valence-electron chi connectivity index (χ1n) is 6.46. The fourth-order valence-electron chi connectivity index (χ4n) is 2.26. The van der Waals surface area contributed by atoms with E-state index in [0.717, 1.165) is 5.56 Å². The standard InChI is InChI=1S/C14H13N5O2/c1-2-8-11(15)16-6-17-12(8)18-7-3-4-9-10(5-7)14(21)19-13(9)20/h3-6H,2H2,1H3,(H,19,20,21)(H3,15,16,17,18). The van der Waals surface area contributed by atoms with E-state index in [1.165, 1.54) is 6.33 Å². The van der Waals surface area contributed by atoms with Crippen molar-refractivity contribution in [2.45, 2.75) is 13.3 Å². The normalized spacial score (nSPS) is 13.0. The van der Waals surface area contributed by atoms with Crippen LogP contribution in [0.2, 0.25) is 0 Å². The molecule has 1 aliphatic heterocycles. The first kappa shape index (κ1) is 13.0. The van der Waals surface area contributed by atoms with Crippen LogP contribution in [-0.4, -0.2) is 21.8 Å². The average Bonchev–Trinajstić information content (AvgIpc) is 2.74. The second-order valence-corrected chi connectivity index (χ2v) is 4.61. The Balaban J connectivity index is 1.97. The molecule has 21 heavy (non-hydrogen) atoms. The summed E-state index contributed by atoms with van der Waals surface area (Å²) >= 11 is 0. The first-order chi connectivity index (χ1) is 10.1. The van der Waals surface area contributed by atoms with E-state index in [1.807, 2.05) is 6.92 Å². The number of carbonyl (C=O) groups is 2. The van der Waals surface area contributed by atoms with Crippen LogP contribution in [-0.2, 0) is 6.42 Å². The fraction of sp³-hybridized carbons (Fsp3) is 0.143. The zero-order chi connectivity index (χ0) is 15.0. The summed E-state index contributed by atoms with van der Waals surface area (Å²) in [6.45, 7) is 1.95. The lowest BCUT2D eigenvalue weighted by molar-refractivity contribution is 0.0879. The molecule has 1 aliphatic rings. The summed E-state index contributed by atoms with van der Waals surface area (Å²) in [4.78, 5) is 31.3. The van der Waals surface area contributed by atoms with Crippen molar-refractivity contribution in [1.29, 1.82) is 0 Å². The zero-order valence-corrected chi connectivity index (χ0v) is 11.3. The molecule has 2 aromatic rings. The average molecular weight is 283 g/mol. The van der Waals surface area contributed by atoms with Crippen LogP contribution < -0.4 is 16.4 Å². The van der Waals surface area contributed by atoms with Crippen LogP contribution in [0.15, 0.2) is 24.5 Å². The van der Waals surface area contributed by atoms with Gasteiger partial charge in [-0.3, -0.25) is 14.9 Å². The summed E-state index contributed by atoms with van der Waals surface area (Å²) in [5, 5.41) is 5.36. The third kappa shape index (κ3) is 2.18. The van der Waals surface area contributed by atoms with Gasteiger partial charge < -0.3 is 11.1 Å². The van der Waals surface area contributed by atoms with Crippen molar-refractivity contribution in [3.63, 3.8) is 0 Å². The Morgan fingerprint density at radius 1 is 1.19 bits per heavy atom. The van der Waals surface area contributed by atoms with Crippen LogP contribution in [0, 0.1) is 0 Å². The molecule has 4 N–H and O–H groups in total. The van der Waals surface area contributed by atoms with Gasteiger partial charge in [-0.25, -0.2) is 9.97 Å². The number of fused-ring (bicyclic) bond motifs is 1.